The Morgan fingerprint density at radius 3 is 2.70 bits per heavy atom. The minimum atomic E-state index is -0.378. The topological polar surface area (TPSA) is 120 Å². The van der Waals surface area contributed by atoms with E-state index in [4.69, 9.17) is 16.2 Å². The van der Waals surface area contributed by atoms with E-state index in [2.05, 4.69) is 10.3 Å². The predicted octanol–water partition coefficient (Wildman–Crippen LogP) is 3.00. The van der Waals surface area contributed by atoms with Gasteiger partial charge in [0.05, 0.1) is 11.1 Å². The predicted molar refractivity (Wildman–Crippen MR) is 105 cm³/mol. The van der Waals surface area contributed by atoms with Crippen LogP contribution < -0.4 is 21.5 Å². The van der Waals surface area contributed by atoms with Gasteiger partial charge in [-0.2, -0.15) is 0 Å². The summed E-state index contributed by atoms with van der Waals surface area (Å²) >= 11 is 1.23. The first-order chi connectivity index (χ1) is 12.9. The summed E-state index contributed by atoms with van der Waals surface area (Å²) in [5.74, 6) is 0.899. The summed E-state index contributed by atoms with van der Waals surface area (Å²) in [7, 11) is 0. The number of rotatable bonds is 5. The van der Waals surface area contributed by atoms with Crippen molar-refractivity contribution in [2.45, 2.75) is 13.3 Å². The van der Waals surface area contributed by atoms with Gasteiger partial charge in [0.2, 0.25) is 0 Å². The second-order valence-electron chi connectivity index (χ2n) is 5.76. The van der Waals surface area contributed by atoms with Crippen LogP contribution in [0.15, 0.2) is 64.9 Å². The van der Waals surface area contributed by atoms with E-state index in [1.165, 1.54) is 18.3 Å². The van der Waals surface area contributed by atoms with Crippen LogP contribution in [-0.4, -0.2) is 16.7 Å². The third kappa shape index (κ3) is 4.42. The molecule has 0 radical (unpaired) electrons. The Kier molecular flexibility index (Phi) is 5.37. The number of allylic oxidation sites excluding steroid dienone is 3. The molecule has 0 saturated carbocycles. The molecule has 5 N–H and O–H groups in total. The van der Waals surface area contributed by atoms with Gasteiger partial charge in [-0.25, -0.2) is 4.98 Å². The van der Waals surface area contributed by atoms with Crippen LogP contribution in [0, 0.1) is 0 Å². The van der Waals surface area contributed by atoms with Gasteiger partial charge in [-0.3, -0.25) is 14.9 Å². The summed E-state index contributed by atoms with van der Waals surface area (Å²) in [5.41, 5.74) is 12.7. The van der Waals surface area contributed by atoms with Gasteiger partial charge in [-0.1, -0.05) is 18.2 Å². The van der Waals surface area contributed by atoms with Gasteiger partial charge < -0.3 is 16.2 Å². The molecule has 0 fully saturated rings. The normalized spacial score (nSPS) is 13.7. The highest BCUT2D eigenvalue weighted by molar-refractivity contribution is 7.14. The molecule has 27 heavy (non-hydrogen) atoms. The van der Waals surface area contributed by atoms with Gasteiger partial charge >= 0.3 is 0 Å². The number of thiazole rings is 1. The zero-order valence-electron chi connectivity index (χ0n) is 14.6. The number of benzene rings is 1. The lowest BCUT2D eigenvalue weighted by Gasteiger charge is -2.11. The van der Waals surface area contributed by atoms with Crippen molar-refractivity contribution >= 4 is 34.0 Å². The molecule has 2 aromatic rings. The molecule has 0 spiro atoms. The van der Waals surface area contributed by atoms with E-state index in [0.717, 1.165) is 0 Å². The molecule has 8 heteroatoms. The lowest BCUT2D eigenvalue weighted by atomic mass is 10.1. The van der Waals surface area contributed by atoms with Crippen LogP contribution in [0.1, 0.15) is 23.7 Å². The molecular formula is C19H18N4O3S. The number of carbonyl (C=O) groups excluding carboxylic acids is 2. The molecule has 1 aromatic carbocycles. The van der Waals surface area contributed by atoms with Crippen molar-refractivity contribution in [2.24, 2.45) is 5.73 Å². The SMILES string of the molecule is CC(=O)c1ccccc1OC1=CC=C(N)C(C(=O)Nc2nc(N)cs2)=CC1. The number of nitrogens with zero attached hydrogens (tertiary/aromatic N) is 1. The van der Waals surface area contributed by atoms with E-state index >= 15 is 0 Å². The molecule has 0 atom stereocenters. The first-order valence-electron chi connectivity index (χ1n) is 8.11. The molecule has 1 aromatic heterocycles. The number of ketones is 1. The summed E-state index contributed by atoms with van der Waals surface area (Å²) in [6, 6.07) is 6.99. The highest BCUT2D eigenvalue weighted by Crippen LogP contribution is 2.25. The molecule has 138 valence electrons. The summed E-state index contributed by atoms with van der Waals surface area (Å²) in [5, 5.41) is 4.70. The number of nitrogens with one attached hydrogen (secondary N) is 1. The fraction of sp³-hybridized carbons (Fsp3) is 0.105. The number of amides is 1. The van der Waals surface area contributed by atoms with Crippen LogP contribution in [-0.2, 0) is 4.79 Å². The van der Waals surface area contributed by atoms with E-state index in [9.17, 15) is 9.59 Å². The highest BCUT2D eigenvalue weighted by Gasteiger charge is 2.17. The third-order valence-electron chi connectivity index (χ3n) is 3.76. The van der Waals surface area contributed by atoms with Gasteiger partial charge in [-0.15, -0.1) is 11.3 Å². The number of nitrogen functional groups attached to an aromatic ring is 1. The van der Waals surface area contributed by atoms with Crippen molar-refractivity contribution in [3.63, 3.8) is 0 Å². The second kappa shape index (κ2) is 7.88. The Labute approximate surface area is 160 Å². The average molecular weight is 382 g/mol. The van der Waals surface area contributed by atoms with E-state index in [0.29, 0.717) is 45.7 Å². The zero-order valence-corrected chi connectivity index (χ0v) is 15.4. The molecule has 1 aliphatic carbocycles. The van der Waals surface area contributed by atoms with Crippen molar-refractivity contribution in [1.82, 2.24) is 4.98 Å². The number of aromatic nitrogens is 1. The number of hydrogen-bond acceptors (Lipinski definition) is 7. The Bertz CT molecular complexity index is 988. The van der Waals surface area contributed by atoms with Crippen molar-refractivity contribution < 1.29 is 14.3 Å². The monoisotopic (exact) mass is 382 g/mol. The van der Waals surface area contributed by atoms with E-state index in [-0.39, 0.29) is 11.7 Å². The molecule has 1 amide bonds. The van der Waals surface area contributed by atoms with Crippen LogP contribution in [0.4, 0.5) is 10.9 Å². The van der Waals surface area contributed by atoms with Crippen LogP contribution >= 0.6 is 11.3 Å². The maximum absolute atomic E-state index is 12.5. The van der Waals surface area contributed by atoms with E-state index in [1.807, 2.05) is 0 Å². The van der Waals surface area contributed by atoms with E-state index in [1.54, 1.807) is 47.9 Å². The fourth-order valence-corrected chi connectivity index (χ4v) is 3.05. The van der Waals surface area contributed by atoms with Gasteiger partial charge in [0.1, 0.15) is 17.3 Å². The summed E-state index contributed by atoms with van der Waals surface area (Å²) in [6.45, 7) is 1.48. The quantitative estimate of drug-likeness (QED) is 0.684. The summed E-state index contributed by atoms with van der Waals surface area (Å²) in [4.78, 5) is 28.2. The summed E-state index contributed by atoms with van der Waals surface area (Å²) in [6.07, 6.45) is 5.30. The first kappa shape index (κ1) is 18.4. The van der Waals surface area contributed by atoms with Crippen LogP contribution in [0.5, 0.6) is 5.75 Å². The van der Waals surface area contributed by atoms with Gasteiger partial charge in [0.15, 0.2) is 10.9 Å². The number of para-hydroxylation sites is 1. The molecule has 3 rings (SSSR count). The Morgan fingerprint density at radius 2 is 2.00 bits per heavy atom. The fourth-order valence-electron chi connectivity index (χ4n) is 2.46. The molecule has 1 heterocycles. The van der Waals surface area contributed by atoms with Crippen molar-refractivity contribution in [1.29, 1.82) is 0 Å². The lowest BCUT2D eigenvalue weighted by Crippen LogP contribution is -2.18. The zero-order chi connectivity index (χ0) is 19.4. The highest BCUT2D eigenvalue weighted by atomic mass is 32.1. The van der Waals surface area contributed by atoms with Crippen molar-refractivity contribution in [3.05, 3.63) is 70.5 Å². The largest absolute Gasteiger partial charge is 0.461 e. The number of anilines is 2. The number of Topliss-reactive ketones (excluding diaryl/α,β-unsaturated/α-hetero) is 1. The number of hydrogen-bond donors (Lipinski definition) is 3. The van der Waals surface area contributed by atoms with Crippen molar-refractivity contribution in [2.75, 3.05) is 11.1 Å². The van der Waals surface area contributed by atoms with Crippen molar-refractivity contribution in [3.8, 4) is 5.75 Å². The molecule has 7 nitrogen and oxygen atoms in total. The summed E-state index contributed by atoms with van der Waals surface area (Å²) < 4.78 is 5.86. The first-order valence-corrected chi connectivity index (χ1v) is 8.99. The van der Waals surface area contributed by atoms with E-state index < -0.39 is 0 Å². The minimum absolute atomic E-state index is 0.0896. The molecule has 0 bridgehead atoms. The lowest BCUT2D eigenvalue weighted by molar-refractivity contribution is -0.112. The van der Waals surface area contributed by atoms with Crippen LogP contribution in [0.3, 0.4) is 0 Å². The second-order valence-corrected chi connectivity index (χ2v) is 6.62. The smallest absolute Gasteiger partial charge is 0.259 e. The van der Waals surface area contributed by atoms with Gasteiger partial charge in [-0.05, 0) is 31.2 Å². The van der Waals surface area contributed by atoms with Gasteiger partial charge in [0.25, 0.3) is 5.91 Å². The van der Waals surface area contributed by atoms with Gasteiger partial charge in [0, 0.05) is 17.5 Å². The molecule has 0 unspecified atom stereocenters. The standard InChI is InChI=1S/C19H18N4O3S/c1-11(24)13-4-2-3-5-16(13)26-12-6-8-14(15(20)9-7-12)18(25)23-19-22-17(21)10-27-19/h2-5,7-10H,6,20-21H2,1H3,(H,22,23,25). The number of ether oxygens (including phenoxy) is 1. The Hall–Kier alpha value is -3.39. The third-order valence-corrected chi connectivity index (χ3v) is 4.54. The van der Waals surface area contributed by atoms with Crippen LogP contribution in [0.2, 0.25) is 0 Å². The molecule has 1 aliphatic rings. The number of carbonyl (C=O) groups is 2. The molecule has 0 saturated heterocycles. The Balaban J connectivity index is 1.76. The Morgan fingerprint density at radius 1 is 1.22 bits per heavy atom. The van der Waals surface area contributed by atoms with Crippen LogP contribution in [0.25, 0.3) is 0 Å². The number of nitrogens with two attached hydrogens (primary N) is 2. The minimum Gasteiger partial charge on any atom is -0.461 e. The molecule has 0 aliphatic heterocycles. The average Bonchev–Trinajstić information content (AvgIpc) is 2.94. The maximum atomic E-state index is 12.5. The maximum Gasteiger partial charge on any atom is 0.259 e. The molecular weight excluding hydrogens is 364 g/mol.